The van der Waals surface area contributed by atoms with Crippen molar-refractivity contribution in [2.75, 3.05) is 11.4 Å². The molecule has 188 valence electrons. The fraction of sp³-hybridized carbons (Fsp3) is 0.370. The summed E-state index contributed by atoms with van der Waals surface area (Å²) in [5.74, 6) is -0.0828. The molecule has 3 aromatic rings. The van der Waals surface area contributed by atoms with Crippen LogP contribution in [0.4, 0.5) is 10.1 Å². The lowest BCUT2D eigenvalue weighted by atomic mass is 9.74. The van der Waals surface area contributed by atoms with Crippen LogP contribution in [0.1, 0.15) is 65.3 Å². The van der Waals surface area contributed by atoms with Gasteiger partial charge in [0.05, 0.1) is 41.3 Å². The largest absolute Gasteiger partial charge is 0.349 e. The molecule has 37 heavy (non-hydrogen) atoms. The number of anilines is 1. The third-order valence-corrected chi connectivity index (χ3v) is 8.03. The van der Waals surface area contributed by atoms with Gasteiger partial charge in [0.2, 0.25) is 5.91 Å². The van der Waals surface area contributed by atoms with Gasteiger partial charge in [-0.3, -0.25) is 19.3 Å². The van der Waals surface area contributed by atoms with Gasteiger partial charge in [-0.2, -0.15) is 10.4 Å². The number of amides is 2. The number of carbonyl (C=O) groups is 2. The van der Waals surface area contributed by atoms with Gasteiger partial charge < -0.3 is 10.2 Å². The molecule has 6 rings (SSSR count). The van der Waals surface area contributed by atoms with Crippen LogP contribution < -0.4 is 10.2 Å². The average molecular weight is 519 g/mol. The van der Waals surface area contributed by atoms with Crippen LogP contribution in [0.25, 0.3) is 0 Å². The number of benzene rings is 1. The van der Waals surface area contributed by atoms with E-state index in [0.29, 0.717) is 47.1 Å². The van der Waals surface area contributed by atoms with E-state index in [-0.39, 0.29) is 35.4 Å². The molecule has 2 aliphatic carbocycles. The first-order chi connectivity index (χ1) is 17.8. The van der Waals surface area contributed by atoms with E-state index in [9.17, 15) is 19.2 Å². The average Bonchev–Trinajstić information content (AvgIpc) is 3.31. The predicted molar refractivity (Wildman–Crippen MR) is 134 cm³/mol. The van der Waals surface area contributed by atoms with E-state index < -0.39 is 11.9 Å². The van der Waals surface area contributed by atoms with Crippen molar-refractivity contribution in [2.45, 2.75) is 44.2 Å². The Hall–Kier alpha value is -3.77. The molecule has 2 aromatic heterocycles. The second-order valence-electron chi connectivity index (χ2n) is 10.2. The van der Waals surface area contributed by atoms with Gasteiger partial charge in [0.25, 0.3) is 5.91 Å². The minimum atomic E-state index is -0.543. The van der Waals surface area contributed by atoms with Gasteiger partial charge >= 0.3 is 0 Å². The van der Waals surface area contributed by atoms with Crippen molar-refractivity contribution in [1.29, 1.82) is 5.26 Å². The van der Waals surface area contributed by atoms with Crippen LogP contribution in [0.15, 0.2) is 42.9 Å². The van der Waals surface area contributed by atoms with E-state index in [0.717, 1.165) is 12.0 Å². The number of halogens is 2. The number of fused-ring (bicyclic) bond motifs is 1. The quantitative estimate of drug-likeness (QED) is 0.526. The topological polar surface area (TPSA) is 104 Å². The Kier molecular flexibility index (Phi) is 5.72. The summed E-state index contributed by atoms with van der Waals surface area (Å²) < 4.78 is 16.5. The zero-order chi connectivity index (χ0) is 25.8. The van der Waals surface area contributed by atoms with Crippen molar-refractivity contribution in [2.24, 2.45) is 11.8 Å². The first-order valence-corrected chi connectivity index (χ1v) is 12.7. The summed E-state index contributed by atoms with van der Waals surface area (Å²) in [5, 5.41) is 17.2. The number of hydrogen-bond donors (Lipinski definition) is 1. The fourth-order valence-electron chi connectivity index (χ4n) is 5.43. The summed E-state index contributed by atoms with van der Waals surface area (Å²) in [4.78, 5) is 31.0. The fourth-order valence-corrected chi connectivity index (χ4v) is 5.61. The van der Waals surface area contributed by atoms with Crippen molar-refractivity contribution in [3.63, 3.8) is 0 Å². The molecule has 1 saturated heterocycles. The predicted octanol–water partition coefficient (Wildman–Crippen LogP) is 4.21. The van der Waals surface area contributed by atoms with Crippen molar-refractivity contribution in [3.8, 4) is 6.07 Å². The van der Waals surface area contributed by atoms with E-state index in [1.807, 2.05) is 6.07 Å². The number of aromatic nitrogens is 3. The lowest BCUT2D eigenvalue weighted by molar-refractivity contribution is -0.118. The normalized spacial score (nSPS) is 24.7. The molecule has 2 saturated carbocycles. The molecule has 1 N–H and O–H groups in total. The molecule has 0 spiro atoms. The van der Waals surface area contributed by atoms with Crippen molar-refractivity contribution in [1.82, 2.24) is 20.1 Å². The van der Waals surface area contributed by atoms with E-state index in [2.05, 4.69) is 21.5 Å². The van der Waals surface area contributed by atoms with Crippen LogP contribution in [0.5, 0.6) is 0 Å². The molecule has 0 radical (unpaired) electrons. The Labute approximate surface area is 218 Å². The van der Waals surface area contributed by atoms with Crippen LogP contribution in [-0.4, -0.2) is 39.2 Å². The zero-order valence-electron chi connectivity index (χ0n) is 20.1. The van der Waals surface area contributed by atoms with Gasteiger partial charge in [0, 0.05) is 35.8 Å². The highest BCUT2D eigenvalue weighted by atomic mass is 35.5. The van der Waals surface area contributed by atoms with E-state index in [4.69, 9.17) is 11.6 Å². The summed E-state index contributed by atoms with van der Waals surface area (Å²) >= 11 is 6.10. The minimum Gasteiger partial charge on any atom is -0.349 e. The third-order valence-electron chi connectivity index (χ3n) is 7.79. The maximum Gasteiger partial charge on any atom is 0.254 e. The smallest absolute Gasteiger partial charge is 0.254 e. The summed E-state index contributed by atoms with van der Waals surface area (Å²) in [7, 11) is 0. The molecular weight excluding hydrogens is 495 g/mol. The highest BCUT2D eigenvalue weighted by Crippen LogP contribution is 2.47. The summed E-state index contributed by atoms with van der Waals surface area (Å²) in [6.45, 7) is 2.38. The molecule has 1 aliphatic heterocycles. The van der Waals surface area contributed by atoms with Crippen molar-refractivity contribution in [3.05, 3.63) is 76.1 Å². The number of nitrogens with one attached hydrogen (secondary N) is 1. The second-order valence-corrected chi connectivity index (χ2v) is 10.6. The molecular formula is C27H24ClFN6O2. The molecule has 2 amide bonds. The molecule has 1 aromatic carbocycles. The lowest BCUT2D eigenvalue weighted by Gasteiger charge is -2.36. The second kappa shape index (κ2) is 8.96. The van der Waals surface area contributed by atoms with Crippen molar-refractivity contribution >= 4 is 29.1 Å². The van der Waals surface area contributed by atoms with Crippen LogP contribution in [0.2, 0.25) is 5.02 Å². The molecule has 3 fully saturated rings. The monoisotopic (exact) mass is 518 g/mol. The van der Waals surface area contributed by atoms with Gasteiger partial charge in [-0.25, -0.2) is 4.39 Å². The first-order valence-electron chi connectivity index (χ1n) is 12.3. The minimum absolute atomic E-state index is 0.0187. The number of hydrogen-bond acceptors (Lipinski definition) is 5. The first kappa shape index (κ1) is 23.6. The number of rotatable bonds is 6. The Balaban J connectivity index is 1.08. The third kappa shape index (κ3) is 4.25. The Morgan fingerprint density at radius 1 is 1.27 bits per heavy atom. The van der Waals surface area contributed by atoms with Gasteiger partial charge in [-0.1, -0.05) is 11.6 Å². The van der Waals surface area contributed by atoms with Crippen LogP contribution >= 0.6 is 11.6 Å². The molecule has 3 heterocycles. The van der Waals surface area contributed by atoms with Gasteiger partial charge in [-0.05, 0) is 61.8 Å². The van der Waals surface area contributed by atoms with E-state index >= 15 is 0 Å². The molecule has 0 unspecified atom stereocenters. The molecule has 8 nitrogen and oxygen atoms in total. The standard InChI is InChI=1S/C27H24ClFN6O2/c1-14(25-24(29)8-21(11-31-25)34-12-17-6-23(17)27(34)37)35-13-18(10-32-35)26(36)33-20-4-16(5-20)22-7-19(28)3-2-15(22)9-30/h2-3,7-8,10-11,13-14,16-17,20,23H,4-6,12H2,1H3,(H,33,36)/t14-,16?,17+,20?,23+/m0/s1. The van der Waals surface area contributed by atoms with Crippen molar-refractivity contribution < 1.29 is 14.0 Å². The summed E-state index contributed by atoms with van der Waals surface area (Å²) in [6, 6.07) is 8.23. The number of nitrogens with zero attached hydrogens (tertiary/aromatic N) is 5. The number of piperidine rings is 1. The molecule has 0 bridgehead atoms. The van der Waals surface area contributed by atoms with Crippen LogP contribution in [0.3, 0.4) is 0 Å². The van der Waals surface area contributed by atoms with E-state index in [1.165, 1.54) is 23.1 Å². The molecule has 3 atom stereocenters. The number of pyridine rings is 1. The van der Waals surface area contributed by atoms with Crippen LogP contribution in [0, 0.1) is 29.0 Å². The lowest BCUT2D eigenvalue weighted by Crippen LogP contribution is -2.43. The van der Waals surface area contributed by atoms with Gasteiger partial charge in [-0.15, -0.1) is 0 Å². The van der Waals surface area contributed by atoms with E-state index in [1.54, 1.807) is 30.2 Å². The Morgan fingerprint density at radius 3 is 2.78 bits per heavy atom. The summed E-state index contributed by atoms with van der Waals surface area (Å²) in [6.07, 6.45) is 6.92. The Morgan fingerprint density at radius 2 is 2.08 bits per heavy atom. The number of carbonyl (C=O) groups excluding carboxylic acids is 2. The maximum absolute atomic E-state index is 15.0. The molecule has 10 heteroatoms. The summed E-state index contributed by atoms with van der Waals surface area (Å²) in [5.41, 5.74) is 2.55. The molecule has 3 aliphatic rings. The SMILES string of the molecule is C[C@@H](c1ncc(N2C[C@H]3C[C@H]3C2=O)cc1F)n1cc(C(=O)NC2CC(c3cc(Cl)ccc3C#N)C2)cn1. The van der Waals surface area contributed by atoms with Crippen LogP contribution in [-0.2, 0) is 4.79 Å². The van der Waals surface area contributed by atoms with Gasteiger partial charge in [0.15, 0.2) is 0 Å². The van der Waals surface area contributed by atoms with Gasteiger partial charge in [0.1, 0.15) is 11.5 Å². The Bertz CT molecular complexity index is 1460. The highest BCUT2D eigenvalue weighted by Gasteiger charge is 2.52. The zero-order valence-corrected chi connectivity index (χ0v) is 20.8. The highest BCUT2D eigenvalue weighted by molar-refractivity contribution is 6.30. The number of nitriles is 1. The maximum atomic E-state index is 15.0.